The summed E-state index contributed by atoms with van der Waals surface area (Å²) >= 11 is 0. The Morgan fingerprint density at radius 1 is 1.31 bits per heavy atom. The highest BCUT2D eigenvalue weighted by molar-refractivity contribution is 6.40. The van der Waals surface area contributed by atoms with Crippen molar-refractivity contribution in [2.45, 2.75) is 50.4 Å². The Morgan fingerprint density at radius 2 is 2.00 bits per heavy atom. The quantitative estimate of drug-likeness (QED) is 0.278. The third-order valence-corrected chi connectivity index (χ3v) is 4.73. The van der Waals surface area contributed by atoms with Crippen LogP contribution in [-0.4, -0.2) is 63.9 Å². The maximum Gasteiger partial charge on any atom is 0.451 e. The topological polar surface area (TPSA) is 127 Å². The summed E-state index contributed by atoms with van der Waals surface area (Å²) in [6.45, 7) is 3.31. The van der Waals surface area contributed by atoms with Gasteiger partial charge in [0.25, 0.3) is 0 Å². The molecule has 1 aromatic carbocycles. The van der Waals surface area contributed by atoms with Gasteiger partial charge in [0.05, 0.1) is 0 Å². The van der Waals surface area contributed by atoms with E-state index in [0.717, 1.165) is 12.1 Å². The number of phenolic OH excluding ortho intramolecular Hbond substituents is 1. The fraction of sp³-hybridized carbons (Fsp3) is 0.611. The van der Waals surface area contributed by atoms with Gasteiger partial charge in [-0.2, -0.15) is 0 Å². The van der Waals surface area contributed by atoms with Gasteiger partial charge in [0.2, 0.25) is 0 Å². The first-order valence-electron chi connectivity index (χ1n) is 9.00. The predicted octanol–water partition coefficient (Wildman–Crippen LogP) is 1.24. The highest BCUT2D eigenvalue weighted by Crippen LogP contribution is 2.22. The molecule has 0 amide bonds. The van der Waals surface area contributed by atoms with Crippen LogP contribution in [0.5, 0.6) is 5.75 Å². The van der Waals surface area contributed by atoms with Crippen LogP contribution in [0.2, 0.25) is 6.32 Å². The molecule has 8 heteroatoms. The number of benzene rings is 1. The third-order valence-electron chi connectivity index (χ3n) is 4.73. The summed E-state index contributed by atoms with van der Waals surface area (Å²) < 4.78 is 0. The molecule has 146 valence electrons. The van der Waals surface area contributed by atoms with Gasteiger partial charge in [-0.05, 0) is 49.8 Å². The fourth-order valence-corrected chi connectivity index (χ4v) is 2.99. The minimum Gasteiger partial charge on any atom is -0.508 e. The molecule has 0 saturated carbocycles. The van der Waals surface area contributed by atoms with Crippen molar-refractivity contribution in [3.8, 4) is 5.75 Å². The first kappa shape index (κ1) is 22.4. The lowest BCUT2D eigenvalue weighted by Gasteiger charge is -2.28. The van der Waals surface area contributed by atoms with Crippen molar-refractivity contribution in [3.63, 3.8) is 0 Å². The Morgan fingerprint density at radius 3 is 2.58 bits per heavy atom. The molecule has 2 atom stereocenters. The Kier molecular flexibility index (Phi) is 9.08. The zero-order chi connectivity index (χ0) is 19.7. The first-order valence-corrected chi connectivity index (χ1v) is 9.00. The van der Waals surface area contributed by atoms with E-state index in [2.05, 4.69) is 6.92 Å². The molecule has 6 N–H and O–H groups in total. The largest absolute Gasteiger partial charge is 0.508 e. The lowest BCUT2D eigenvalue weighted by Crippen LogP contribution is -2.50. The summed E-state index contributed by atoms with van der Waals surface area (Å²) in [5.41, 5.74) is 5.79. The molecule has 0 aliphatic carbocycles. The minimum absolute atomic E-state index is 0.190. The number of hydrogen-bond acceptors (Lipinski definition) is 6. The maximum atomic E-state index is 11.6. The summed E-state index contributed by atoms with van der Waals surface area (Å²) in [5, 5.41) is 36.7. The Bertz CT molecular complexity index is 572. The van der Waals surface area contributed by atoms with E-state index in [1.165, 1.54) is 0 Å². The molecule has 0 saturated heterocycles. The van der Waals surface area contributed by atoms with Crippen LogP contribution >= 0.6 is 0 Å². The van der Waals surface area contributed by atoms with E-state index in [0.29, 0.717) is 32.2 Å². The zero-order valence-corrected chi connectivity index (χ0v) is 15.6. The molecule has 1 rings (SSSR count). The van der Waals surface area contributed by atoms with E-state index in [1.54, 1.807) is 18.2 Å². The molecule has 0 bridgehead atoms. The van der Waals surface area contributed by atoms with Crippen molar-refractivity contribution in [1.29, 1.82) is 0 Å². The fourth-order valence-electron chi connectivity index (χ4n) is 2.99. The van der Waals surface area contributed by atoms with Gasteiger partial charge in [-0.25, -0.2) is 0 Å². The van der Waals surface area contributed by atoms with E-state index >= 15 is 0 Å². The molecule has 26 heavy (non-hydrogen) atoms. The van der Waals surface area contributed by atoms with Gasteiger partial charge in [-0.1, -0.05) is 31.9 Å². The van der Waals surface area contributed by atoms with Crippen LogP contribution in [0.25, 0.3) is 0 Å². The minimum atomic E-state index is -1.36. The van der Waals surface area contributed by atoms with E-state index in [9.17, 15) is 15.0 Å². The molecule has 1 aromatic rings. The molecule has 0 fully saturated rings. The second-order valence-electron chi connectivity index (χ2n) is 7.20. The maximum absolute atomic E-state index is 11.6. The molecular weight excluding hydrogens is 335 g/mol. The molecular formula is C18H31BN2O5. The highest BCUT2D eigenvalue weighted by atomic mass is 16.4. The smallest absolute Gasteiger partial charge is 0.451 e. The SMILES string of the molecule is C[C@H](CN(C)CC[C@](N)(CCCCB(O)O)C(=O)O)c1cccc(O)c1. The van der Waals surface area contributed by atoms with Gasteiger partial charge < -0.3 is 30.9 Å². The average molecular weight is 366 g/mol. The van der Waals surface area contributed by atoms with Crippen LogP contribution in [0, 0.1) is 0 Å². The summed E-state index contributed by atoms with van der Waals surface area (Å²) in [4.78, 5) is 13.6. The lowest BCUT2D eigenvalue weighted by molar-refractivity contribution is -0.144. The molecule has 0 spiro atoms. The number of hydrogen-bond donors (Lipinski definition) is 5. The van der Waals surface area contributed by atoms with Gasteiger partial charge in [0.1, 0.15) is 11.3 Å². The van der Waals surface area contributed by atoms with E-state index < -0.39 is 18.6 Å². The molecule has 0 aliphatic heterocycles. The molecule has 0 unspecified atom stereocenters. The summed E-state index contributed by atoms with van der Waals surface area (Å²) in [7, 11) is 0.556. The number of nitrogens with zero attached hydrogens (tertiary/aromatic N) is 1. The number of phenols is 1. The van der Waals surface area contributed by atoms with Gasteiger partial charge in [0, 0.05) is 13.1 Å². The molecule has 0 heterocycles. The van der Waals surface area contributed by atoms with Crippen LogP contribution in [0.4, 0.5) is 0 Å². The average Bonchev–Trinajstić information content (AvgIpc) is 2.56. The number of unbranched alkanes of at least 4 members (excludes halogenated alkanes) is 1. The summed E-state index contributed by atoms with van der Waals surface area (Å²) in [6.07, 6.45) is 1.88. The Balaban J connectivity index is 2.50. The van der Waals surface area contributed by atoms with Crippen LogP contribution in [0.15, 0.2) is 24.3 Å². The van der Waals surface area contributed by atoms with E-state index in [-0.39, 0.29) is 18.0 Å². The number of aliphatic carboxylic acids is 1. The number of carboxylic acids is 1. The number of rotatable bonds is 12. The number of aromatic hydroxyl groups is 1. The molecule has 0 aromatic heterocycles. The van der Waals surface area contributed by atoms with Crippen molar-refractivity contribution < 1.29 is 25.1 Å². The normalized spacial score (nSPS) is 14.8. The van der Waals surface area contributed by atoms with E-state index in [4.69, 9.17) is 15.8 Å². The predicted molar refractivity (Wildman–Crippen MR) is 102 cm³/mol. The van der Waals surface area contributed by atoms with Crippen LogP contribution in [0.3, 0.4) is 0 Å². The van der Waals surface area contributed by atoms with Gasteiger partial charge in [-0.3, -0.25) is 4.79 Å². The van der Waals surface area contributed by atoms with Gasteiger partial charge >= 0.3 is 13.1 Å². The number of carbonyl (C=O) groups is 1. The Hall–Kier alpha value is -1.61. The van der Waals surface area contributed by atoms with Gasteiger partial charge in [0.15, 0.2) is 0 Å². The monoisotopic (exact) mass is 366 g/mol. The summed E-state index contributed by atoms with van der Waals surface area (Å²) in [6, 6.07) is 7.13. The molecule has 0 radical (unpaired) electrons. The number of nitrogens with two attached hydrogens (primary N) is 1. The zero-order valence-electron chi connectivity index (χ0n) is 15.6. The van der Waals surface area contributed by atoms with E-state index in [1.807, 2.05) is 18.0 Å². The number of carboxylic acid groups (broad SMARTS) is 1. The second-order valence-corrected chi connectivity index (χ2v) is 7.20. The van der Waals surface area contributed by atoms with Crippen molar-refractivity contribution >= 4 is 13.1 Å². The first-order chi connectivity index (χ1) is 12.1. The molecule has 0 aliphatic rings. The third kappa shape index (κ3) is 7.74. The second kappa shape index (κ2) is 10.5. The van der Waals surface area contributed by atoms with Crippen LogP contribution < -0.4 is 5.73 Å². The van der Waals surface area contributed by atoms with Crippen molar-refractivity contribution in [2.24, 2.45) is 5.73 Å². The number of likely N-dealkylation sites (N-methyl/N-ethyl adjacent to an activating group) is 1. The Labute approximate surface area is 155 Å². The van der Waals surface area contributed by atoms with Crippen LogP contribution in [-0.2, 0) is 4.79 Å². The van der Waals surface area contributed by atoms with Crippen molar-refractivity contribution in [1.82, 2.24) is 4.90 Å². The summed E-state index contributed by atoms with van der Waals surface area (Å²) in [5.74, 6) is -0.608. The van der Waals surface area contributed by atoms with Crippen LogP contribution in [0.1, 0.15) is 44.1 Å². The van der Waals surface area contributed by atoms with Gasteiger partial charge in [-0.15, -0.1) is 0 Å². The highest BCUT2D eigenvalue weighted by Gasteiger charge is 2.33. The van der Waals surface area contributed by atoms with Crippen molar-refractivity contribution in [3.05, 3.63) is 29.8 Å². The molecule has 7 nitrogen and oxygen atoms in total. The lowest BCUT2D eigenvalue weighted by atomic mass is 9.81. The standard InChI is InChI=1S/C18H31BN2O5/c1-14(15-6-5-7-16(22)12-15)13-21(2)11-9-18(20,17(23)24)8-3-4-10-19(25)26/h5-7,12,14,22,25-26H,3-4,8-11,13,20H2,1-2H3,(H,23,24)/t14-,18-/m1/s1. The van der Waals surface area contributed by atoms with Crippen molar-refractivity contribution in [2.75, 3.05) is 20.1 Å².